The maximum Gasteiger partial charge on any atom is 0.247 e. The lowest BCUT2D eigenvalue weighted by Gasteiger charge is -2.31. The van der Waals surface area contributed by atoms with Crippen LogP contribution in [0.2, 0.25) is 0 Å². The van der Waals surface area contributed by atoms with E-state index in [2.05, 4.69) is 11.6 Å². The molecule has 5 N–H and O–H groups in total. The zero-order valence-electron chi connectivity index (χ0n) is 27.7. The van der Waals surface area contributed by atoms with Gasteiger partial charge in [-0.25, -0.2) is 9.97 Å². The zero-order chi connectivity index (χ0) is 33.7. The van der Waals surface area contributed by atoms with E-state index < -0.39 is 6.04 Å². The van der Waals surface area contributed by atoms with E-state index in [4.69, 9.17) is 35.2 Å². The van der Waals surface area contributed by atoms with E-state index in [1.54, 1.807) is 29.3 Å². The van der Waals surface area contributed by atoms with Crippen molar-refractivity contribution in [3.05, 3.63) is 94.1 Å². The van der Waals surface area contributed by atoms with Gasteiger partial charge in [0.15, 0.2) is 0 Å². The van der Waals surface area contributed by atoms with Gasteiger partial charge in [0.1, 0.15) is 17.9 Å². The molecule has 244 valence electrons. The van der Waals surface area contributed by atoms with Gasteiger partial charge in [-0.15, -0.1) is 0 Å². The summed E-state index contributed by atoms with van der Waals surface area (Å²) in [6.07, 6.45) is 11.3. The summed E-state index contributed by atoms with van der Waals surface area (Å²) in [7, 11) is 0. The van der Waals surface area contributed by atoms with Gasteiger partial charge in [0.25, 0.3) is 0 Å². The summed E-state index contributed by atoms with van der Waals surface area (Å²) in [4.78, 5) is 25.2. The Balaban J connectivity index is 2.48. The lowest BCUT2D eigenvalue weighted by atomic mass is 9.99. The monoisotopic (exact) mass is 636 g/mol. The highest BCUT2D eigenvalue weighted by Crippen LogP contribution is 2.23. The van der Waals surface area contributed by atoms with Crippen LogP contribution in [0.25, 0.3) is 11.2 Å². The molecule has 0 spiro atoms. The smallest absolute Gasteiger partial charge is 0.247 e. The molecule has 0 unspecified atom stereocenters. The molecule has 0 bridgehead atoms. The van der Waals surface area contributed by atoms with Gasteiger partial charge in [-0.2, -0.15) is 0 Å². The molecule has 0 aliphatic heterocycles. The maximum atomic E-state index is 13.8. The number of nitrogens with two attached hydrogens (primary N) is 2. The van der Waals surface area contributed by atoms with E-state index in [1.165, 1.54) is 12.2 Å². The van der Waals surface area contributed by atoms with Crippen molar-refractivity contribution >= 4 is 35.0 Å². The second-order valence-electron chi connectivity index (χ2n) is 11.2. The van der Waals surface area contributed by atoms with Crippen molar-refractivity contribution < 1.29 is 18.7 Å². The summed E-state index contributed by atoms with van der Waals surface area (Å²) in [5, 5.41) is 14.3. The lowest BCUT2D eigenvalue weighted by Crippen LogP contribution is -2.45. The number of ether oxygens (including phenoxy) is 2. The van der Waals surface area contributed by atoms with Crippen molar-refractivity contribution in [2.45, 2.75) is 80.0 Å². The SMILES string of the molecule is C=C/C=C(\C=C\C(=O)N(Cc1cnc2oc(C(C)C)cc2n1)[C@@H](COC(=N)C=C(N)C(=C(C)C)/C(C)=C\C)COC(C)C)SN. The number of fused-ring (bicyclic) bond motifs is 1. The lowest BCUT2D eigenvalue weighted by molar-refractivity contribution is -0.132. The first kappa shape index (κ1) is 37.3. The Morgan fingerprint density at radius 1 is 1.20 bits per heavy atom. The van der Waals surface area contributed by atoms with Gasteiger partial charge in [0, 0.05) is 34.7 Å². The number of amides is 1. The molecule has 0 aromatic carbocycles. The van der Waals surface area contributed by atoms with Crippen LogP contribution in [0.1, 0.15) is 72.8 Å². The van der Waals surface area contributed by atoms with Gasteiger partial charge < -0.3 is 24.5 Å². The minimum atomic E-state index is -0.592. The Kier molecular flexibility index (Phi) is 15.0. The van der Waals surface area contributed by atoms with Gasteiger partial charge in [-0.05, 0) is 76.8 Å². The molecule has 0 aliphatic carbocycles. The van der Waals surface area contributed by atoms with Crippen molar-refractivity contribution in [1.82, 2.24) is 14.9 Å². The zero-order valence-corrected chi connectivity index (χ0v) is 28.5. The second-order valence-corrected chi connectivity index (χ2v) is 11.9. The quantitative estimate of drug-likeness (QED) is 0.0591. The summed E-state index contributed by atoms with van der Waals surface area (Å²) in [6, 6.07) is 1.27. The van der Waals surface area contributed by atoms with Crippen LogP contribution in [0.3, 0.4) is 0 Å². The molecule has 11 heteroatoms. The fourth-order valence-corrected chi connectivity index (χ4v) is 4.65. The predicted molar refractivity (Wildman–Crippen MR) is 184 cm³/mol. The molecule has 2 rings (SSSR count). The molecule has 2 aromatic rings. The first-order valence-electron chi connectivity index (χ1n) is 14.9. The van der Waals surface area contributed by atoms with Crippen molar-refractivity contribution in [2.24, 2.45) is 10.9 Å². The first-order valence-corrected chi connectivity index (χ1v) is 15.7. The summed E-state index contributed by atoms with van der Waals surface area (Å²) >= 11 is 1.00. The number of aromatic nitrogens is 2. The van der Waals surface area contributed by atoms with Gasteiger partial charge >= 0.3 is 0 Å². The van der Waals surface area contributed by atoms with E-state index in [-0.39, 0.29) is 43.6 Å². The summed E-state index contributed by atoms with van der Waals surface area (Å²) in [5.74, 6) is 0.495. The predicted octanol–water partition coefficient (Wildman–Crippen LogP) is 6.84. The third-order valence-electron chi connectivity index (χ3n) is 6.70. The summed E-state index contributed by atoms with van der Waals surface area (Å²) in [6.45, 7) is 19.7. The van der Waals surface area contributed by atoms with Crippen molar-refractivity contribution in [1.29, 1.82) is 5.41 Å². The van der Waals surface area contributed by atoms with Crippen LogP contribution in [-0.4, -0.2) is 52.0 Å². The molecule has 0 saturated heterocycles. The Bertz CT molecular complexity index is 1500. The summed E-state index contributed by atoms with van der Waals surface area (Å²) in [5.41, 5.74) is 11.3. The molecule has 0 radical (unpaired) electrons. The number of rotatable bonds is 16. The van der Waals surface area contributed by atoms with E-state index >= 15 is 0 Å². The maximum absolute atomic E-state index is 13.8. The number of furan rings is 1. The third kappa shape index (κ3) is 11.5. The van der Waals surface area contributed by atoms with E-state index in [1.807, 2.05) is 67.5 Å². The molecule has 1 atom stereocenters. The second kappa shape index (κ2) is 18.1. The molecule has 0 saturated carbocycles. The van der Waals surface area contributed by atoms with Crippen molar-refractivity contribution in [3.63, 3.8) is 0 Å². The first-order chi connectivity index (χ1) is 21.3. The minimum absolute atomic E-state index is 0.0262. The Morgan fingerprint density at radius 3 is 2.49 bits per heavy atom. The highest BCUT2D eigenvalue weighted by molar-refractivity contribution is 8.01. The van der Waals surface area contributed by atoms with Crippen molar-refractivity contribution in [3.8, 4) is 0 Å². The largest absolute Gasteiger partial charge is 0.476 e. The van der Waals surface area contributed by atoms with Crippen molar-refractivity contribution in [2.75, 3.05) is 13.2 Å². The average Bonchev–Trinajstić information content (AvgIpc) is 3.42. The van der Waals surface area contributed by atoms with Gasteiger partial charge in [0.05, 0.1) is 37.2 Å². The number of carbonyl (C=O) groups excluding carboxylic acids is 1. The Hall–Kier alpha value is -3.93. The van der Waals surface area contributed by atoms with Crippen LogP contribution in [0, 0.1) is 5.41 Å². The molecular weight excluding hydrogens is 588 g/mol. The van der Waals surface area contributed by atoms with E-state index in [9.17, 15) is 4.79 Å². The third-order valence-corrected chi connectivity index (χ3v) is 7.24. The van der Waals surface area contributed by atoms with E-state index in [0.29, 0.717) is 27.5 Å². The number of allylic oxidation sites excluding steroid dienone is 6. The van der Waals surface area contributed by atoms with Gasteiger partial charge in [0.2, 0.25) is 17.5 Å². The fourth-order valence-electron chi connectivity index (χ4n) is 4.33. The molecule has 10 nitrogen and oxygen atoms in total. The molecule has 45 heavy (non-hydrogen) atoms. The van der Waals surface area contributed by atoms with Gasteiger partial charge in [-0.3, -0.25) is 15.3 Å². The van der Waals surface area contributed by atoms with Crippen LogP contribution in [0.5, 0.6) is 0 Å². The topological polar surface area (TPSA) is 154 Å². The Morgan fingerprint density at radius 2 is 1.91 bits per heavy atom. The molecule has 0 fully saturated rings. The normalized spacial score (nSPS) is 13.5. The number of carbonyl (C=O) groups is 1. The summed E-state index contributed by atoms with van der Waals surface area (Å²) < 4.78 is 17.7. The van der Waals surface area contributed by atoms with Crippen LogP contribution < -0.4 is 10.9 Å². The number of hydrogen-bond donors (Lipinski definition) is 3. The van der Waals surface area contributed by atoms with Crippen LogP contribution in [0.4, 0.5) is 0 Å². The number of nitrogens with one attached hydrogen (secondary N) is 1. The highest BCUT2D eigenvalue weighted by Gasteiger charge is 2.26. The number of nitrogens with zero attached hydrogens (tertiary/aromatic N) is 3. The molecule has 2 heterocycles. The van der Waals surface area contributed by atoms with Gasteiger partial charge in [-0.1, -0.05) is 38.2 Å². The van der Waals surface area contributed by atoms with Crippen LogP contribution in [-0.2, 0) is 20.8 Å². The number of hydrogen-bond acceptors (Lipinski definition) is 10. The minimum Gasteiger partial charge on any atom is -0.476 e. The average molecular weight is 637 g/mol. The fraction of sp³-hybridized carbons (Fsp3) is 0.412. The Labute approximate surface area is 271 Å². The van der Waals surface area contributed by atoms with E-state index in [0.717, 1.165) is 34.4 Å². The standard InChI is InChI=1S/C34H48N6O4S/c1-10-12-27(45-37)13-14-32(41)40(18-25-17-38-34-29(39-25)16-30(44-34)21(3)4)26(19-42-23(7)8)20-43-31(36)15-28(35)33(22(5)6)24(9)11-2/h10-17,21,23,26,36H,1,18-20,35,37H2,2-9H3/b14-13+,24-11-,27-12+,28-15?,36-31?/t26-/m1/s1. The highest BCUT2D eigenvalue weighted by atomic mass is 32.2. The molecule has 1 amide bonds. The van der Waals surface area contributed by atoms with Crippen LogP contribution >= 0.6 is 11.9 Å². The molecule has 2 aromatic heterocycles. The van der Waals surface area contributed by atoms with Crippen LogP contribution in [0.15, 0.2) is 87.0 Å². The molecule has 0 aliphatic rings. The molecular formula is C34H48N6O4S.